The molecule has 4 aromatic rings. The van der Waals surface area contributed by atoms with Crippen LogP contribution in [0.25, 0.3) is 22.0 Å². The number of nitrogens with zero attached hydrogens (tertiary/aromatic N) is 3. The zero-order valence-electron chi connectivity index (χ0n) is 20.8. The summed E-state index contributed by atoms with van der Waals surface area (Å²) in [5, 5.41) is 15.7. The quantitative estimate of drug-likeness (QED) is 0.265. The molecule has 0 bridgehead atoms. The molecule has 0 unspecified atom stereocenters. The lowest BCUT2D eigenvalue weighted by Crippen LogP contribution is -2.38. The summed E-state index contributed by atoms with van der Waals surface area (Å²) in [4.78, 5) is 2.49. The molecule has 9 heteroatoms. The number of methoxy groups -OCH3 is 2. The van der Waals surface area contributed by atoms with Gasteiger partial charge in [0.25, 0.3) is 0 Å². The molecule has 1 fully saturated rings. The van der Waals surface area contributed by atoms with Crippen molar-refractivity contribution < 1.29 is 9.47 Å². The molecule has 0 amide bonds. The van der Waals surface area contributed by atoms with Crippen LogP contribution in [0.4, 0.5) is 5.82 Å². The van der Waals surface area contributed by atoms with Crippen molar-refractivity contribution in [3.05, 3.63) is 77.3 Å². The highest BCUT2D eigenvalue weighted by Gasteiger charge is 2.21. The van der Waals surface area contributed by atoms with Crippen LogP contribution in [0.5, 0.6) is 11.5 Å². The number of likely N-dealkylation sites (tertiary alicyclic amines) is 1. The number of halogens is 3. The van der Waals surface area contributed by atoms with Gasteiger partial charge in [-0.05, 0) is 73.0 Å². The normalized spacial score (nSPS) is 13.9. The summed E-state index contributed by atoms with van der Waals surface area (Å²) in [5.41, 5.74) is 3.13. The summed E-state index contributed by atoms with van der Waals surface area (Å²) in [6, 6.07) is 22.4. The van der Waals surface area contributed by atoms with Crippen molar-refractivity contribution >= 4 is 53.0 Å². The number of aromatic nitrogens is 2. The van der Waals surface area contributed by atoms with Gasteiger partial charge in [0.05, 0.1) is 14.2 Å². The highest BCUT2D eigenvalue weighted by molar-refractivity contribution is 6.30. The van der Waals surface area contributed by atoms with E-state index in [1.54, 1.807) is 14.2 Å². The minimum absolute atomic E-state index is 0. The Morgan fingerprint density at radius 1 is 0.838 bits per heavy atom. The number of piperidine rings is 1. The number of rotatable bonds is 7. The molecule has 1 aromatic heterocycles. The van der Waals surface area contributed by atoms with Gasteiger partial charge < -0.3 is 14.8 Å². The van der Waals surface area contributed by atoms with Gasteiger partial charge >= 0.3 is 0 Å². The van der Waals surface area contributed by atoms with E-state index < -0.39 is 0 Å². The summed E-state index contributed by atoms with van der Waals surface area (Å²) < 4.78 is 10.8. The number of anilines is 1. The molecular formula is C28H31Cl3N4O2. The van der Waals surface area contributed by atoms with E-state index in [1.807, 2.05) is 48.5 Å². The van der Waals surface area contributed by atoms with Crippen molar-refractivity contribution in [3.63, 3.8) is 0 Å². The molecule has 2 heterocycles. The fourth-order valence-electron chi connectivity index (χ4n) is 4.61. The fourth-order valence-corrected chi connectivity index (χ4v) is 4.73. The largest absolute Gasteiger partial charge is 0.497 e. The molecule has 1 N–H and O–H groups in total. The second kappa shape index (κ2) is 13.2. The number of benzene rings is 3. The SMILES string of the molecule is COc1ccc(-c2nnc(NC3CCN(Cc4ccc(Cl)cc4)CC3)c3cc(OC)ccc23)cc1.Cl.Cl. The van der Waals surface area contributed by atoms with Gasteiger partial charge in [-0.3, -0.25) is 4.90 Å². The van der Waals surface area contributed by atoms with Crippen LogP contribution >= 0.6 is 36.4 Å². The molecule has 6 nitrogen and oxygen atoms in total. The lowest BCUT2D eigenvalue weighted by atomic mass is 10.0. The number of hydrogen-bond acceptors (Lipinski definition) is 6. The molecule has 0 radical (unpaired) electrons. The number of hydrogen-bond donors (Lipinski definition) is 1. The van der Waals surface area contributed by atoms with E-state index in [0.29, 0.717) is 6.04 Å². The molecule has 0 saturated carbocycles. The lowest BCUT2D eigenvalue weighted by Gasteiger charge is -2.32. The molecule has 5 rings (SSSR count). The molecule has 1 aliphatic heterocycles. The first-order valence-corrected chi connectivity index (χ1v) is 12.2. The van der Waals surface area contributed by atoms with Gasteiger partial charge in [0.15, 0.2) is 5.82 Å². The van der Waals surface area contributed by atoms with Crippen molar-refractivity contribution in [3.8, 4) is 22.8 Å². The van der Waals surface area contributed by atoms with E-state index >= 15 is 0 Å². The maximum Gasteiger partial charge on any atom is 0.156 e. The average molecular weight is 562 g/mol. The topological polar surface area (TPSA) is 59.5 Å². The van der Waals surface area contributed by atoms with E-state index in [4.69, 9.17) is 21.1 Å². The first-order chi connectivity index (χ1) is 17.1. The summed E-state index contributed by atoms with van der Waals surface area (Å²) >= 11 is 6.02. The second-order valence-electron chi connectivity index (χ2n) is 8.86. The maximum atomic E-state index is 6.02. The highest BCUT2D eigenvalue weighted by Crippen LogP contribution is 2.34. The lowest BCUT2D eigenvalue weighted by molar-refractivity contribution is 0.211. The minimum atomic E-state index is 0. The number of fused-ring (bicyclic) bond motifs is 1. The van der Waals surface area contributed by atoms with Crippen LogP contribution in [0.2, 0.25) is 5.02 Å². The van der Waals surface area contributed by atoms with Crippen LogP contribution in [0.3, 0.4) is 0 Å². The molecule has 1 saturated heterocycles. The van der Waals surface area contributed by atoms with Crippen molar-refractivity contribution in [1.29, 1.82) is 0 Å². The predicted octanol–water partition coefficient (Wildman–Crippen LogP) is 6.89. The molecule has 0 atom stereocenters. The highest BCUT2D eigenvalue weighted by atomic mass is 35.5. The second-order valence-corrected chi connectivity index (χ2v) is 9.29. The molecule has 3 aromatic carbocycles. The van der Waals surface area contributed by atoms with E-state index in [1.165, 1.54) is 5.56 Å². The van der Waals surface area contributed by atoms with Gasteiger partial charge in [-0.15, -0.1) is 35.0 Å². The zero-order valence-corrected chi connectivity index (χ0v) is 23.2. The molecule has 37 heavy (non-hydrogen) atoms. The monoisotopic (exact) mass is 560 g/mol. The smallest absolute Gasteiger partial charge is 0.156 e. The third-order valence-electron chi connectivity index (χ3n) is 6.60. The standard InChI is InChI=1S/C28H29ClN4O2.2ClH/c1-34-23-9-5-20(6-10-23)27-25-12-11-24(35-2)17-26(25)28(32-31-27)30-22-13-15-33(16-14-22)18-19-3-7-21(29)8-4-19;;/h3-12,17,22H,13-16,18H2,1-2H3,(H,30,32);2*1H. The fraction of sp³-hybridized carbons (Fsp3) is 0.286. The molecular weight excluding hydrogens is 531 g/mol. The Labute approximate surface area is 235 Å². The molecule has 196 valence electrons. The Morgan fingerprint density at radius 3 is 2.14 bits per heavy atom. The van der Waals surface area contributed by atoms with Crippen LogP contribution in [0.1, 0.15) is 18.4 Å². The van der Waals surface area contributed by atoms with Gasteiger partial charge in [0.2, 0.25) is 0 Å². The van der Waals surface area contributed by atoms with E-state index in [-0.39, 0.29) is 24.8 Å². The number of nitrogens with one attached hydrogen (secondary N) is 1. The minimum Gasteiger partial charge on any atom is -0.497 e. The van der Waals surface area contributed by atoms with Crippen LogP contribution in [0, 0.1) is 0 Å². The molecule has 1 aliphatic rings. The van der Waals surface area contributed by atoms with Crippen LogP contribution in [0.15, 0.2) is 66.7 Å². The third-order valence-corrected chi connectivity index (χ3v) is 6.85. The summed E-state index contributed by atoms with van der Waals surface area (Å²) in [6.07, 6.45) is 2.09. The van der Waals surface area contributed by atoms with Crippen LogP contribution in [-0.4, -0.2) is 48.4 Å². The van der Waals surface area contributed by atoms with Gasteiger partial charge in [0, 0.05) is 47.0 Å². The average Bonchev–Trinajstić information content (AvgIpc) is 2.91. The Hall–Kier alpha value is -2.77. The van der Waals surface area contributed by atoms with E-state index in [0.717, 1.165) is 76.8 Å². The zero-order chi connectivity index (χ0) is 24.2. The van der Waals surface area contributed by atoms with Gasteiger partial charge in [-0.2, -0.15) is 0 Å². The third kappa shape index (κ3) is 6.76. The van der Waals surface area contributed by atoms with Crippen LogP contribution < -0.4 is 14.8 Å². The van der Waals surface area contributed by atoms with Crippen molar-refractivity contribution in [2.24, 2.45) is 0 Å². The van der Waals surface area contributed by atoms with E-state index in [2.05, 4.69) is 38.6 Å². The van der Waals surface area contributed by atoms with Gasteiger partial charge in [-0.1, -0.05) is 23.7 Å². The van der Waals surface area contributed by atoms with Crippen LogP contribution in [-0.2, 0) is 6.54 Å². The maximum absolute atomic E-state index is 6.02. The Balaban J connectivity index is 0.00000190. The summed E-state index contributed by atoms with van der Waals surface area (Å²) in [5.74, 6) is 2.41. The van der Waals surface area contributed by atoms with Crippen molar-refractivity contribution in [1.82, 2.24) is 15.1 Å². The van der Waals surface area contributed by atoms with Crippen molar-refractivity contribution in [2.75, 3.05) is 32.6 Å². The Morgan fingerprint density at radius 2 is 1.49 bits per heavy atom. The molecule has 0 aliphatic carbocycles. The Bertz CT molecular complexity index is 1300. The first-order valence-electron chi connectivity index (χ1n) is 11.8. The predicted molar refractivity (Wildman–Crippen MR) is 156 cm³/mol. The van der Waals surface area contributed by atoms with Gasteiger partial charge in [-0.25, -0.2) is 0 Å². The van der Waals surface area contributed by atoms with E-state index in [9.17, 15) is 0 Å². The Kier molecular flexibility index (Phi) is 10.2. The van der Waals surface area contributed by atoms with Crippen molar-refractivity contribution in [2.45, 2.75) is 25.4 Å². The summed E-state index contributed by atoms with van der Waals surface area (Å²) in [7, 11) is 3.35. The first kappa shape index (κ1) is 28.8. The molecule has 0 spiro atoms. The number of ether oxygens (including phenoxy) is 2. The van der Waals surface area contributed by atoms with Gasteiger partial charge in [0.1, 0.15) is 17.2 Å². The summed E-state index contributed by atoms with van der Waals surface area (Å²) in [6.45, 7) is 3.00.